The average molecular weight is 439 g/mol. The third kappa shape index (κ3) is 4.90. The summed E-state index contributed by atoms with van der Waals surface area (Å²) in [5.74, 6) is 2.18. The van der Waals surface area contributed by atoms with E-state index in [0.717, 1.165) is 38.2 Å². The SMILES string of the molecule is COc1ccc(CN2CCC(CNC(=O)c3oc4c(c3C)C(=O)CC(C)(C)C4)CC2)cc1. The van der Waals surface area contributed by atoms with Gasteiger partial charge in [-0.15, -0.1) is 0 Å². The van der Waals surface area contributed by atoms with Crippen LogP contribution in [0.25, 0.3) is 0 Å². The second kappa shape index (κ2) is 9.10. The number of amides is 1. The van der Waals surface area contributed by atoms with E-state index >= 15 is 0 Å². The largest absolute Gasteiger partial charge is 0.497 e. The van der Waals surface area contributed by atoms with Crippen molar-refractivity contribution in [1.29, 1.82) is 0 Å². The molecule has 0 unspecified atom stereocenters. The lowest BCUT2D eigenvalue weighted by Gasteiger charge is -2.32. The summed E-state index contributed by atoms with van der Waals surface area (Å²) in [4.78, 5) is 27.8. The highest BCUT2D eigenvalue weighted by atomic mass is 16.5. The van der Waals surface area contributed by atoms with E-state index in [2.05, 4.69) is 36.2 Å². The summed E-state index contributed by atoms with van der Waals surface area (Å²) in [6, 6.07) is 8.23. The fraction of sp³-hybridized carbons (Fsp3) is 0.538. The lowest BCUT2D eigenvalue weighted by atomic mass is 9.76. The maximum absolute atomic E-state index is 12.8. The molecule has 2 heterocycles. The first-order chi connectivity index (χ1) is 15.3. The first-order valence-electron chi connectivity index (χ1n) is 11.5. The minimum atomic E-state index is -0.205. The third-order valence-electron chi connectivity index (χ3n) is 6.81. The summed E-state index contributed by atoms with van der Waals surface area (Å²) < 4.78 is 11.1. The Balaban J connectivity index is 1.28. The van der Waals surface area contributed by atoms with Crippen LogP contribution in [0.2, 0.25) is 0 Å². The van der Waals surface area contributed by atoms with E-state index in [9.17, 15) is 9.59 Å². The molecule has 6 nitrogen and oxygen atoms in total. The fourth-order valence-electron chi connectivity index (χ4n) is 4.95. The van der Waals surface area contributed by atoms with Gasteiger partial charge in [0, 0.05) is 31.5 Å². The number of benzene rings is 1. The molecule has 1 fully saturated rings. The van der Waals surface area contributed by atoms with Crippen LogP contribution in [0.5, 0.6) is 5.75 Å². The Morgan fingerprint density at radius 3 is 2.53 bits per heavy atom. The Kier molecular flexibility index (Phi) is 6.42. The Hall–Kier alpha value is -2.60. The molecule has 6 heteroatoms. The number of hydrogen-bond acceptors (Lipinski definition) is 5. The molecule has 2 aliphatic rings. The van der Waals surface area contributed by atoms with Crippen molar-refractivity contribution in [2.24, 2.45) is 11.3 Å². The quantitative estimate of drug-likeness (QED) is 0.724. The van der Waals surface area contributed by atoms with E-state index in [1.54, 1.807) is 7.11 Å². The lowest BCUT2D eigenvalue weighted by molar-refractivity contribution is 0.0882. The van der Waals surface area contributed by atoms with Gasteiger partial charge in [0.25, 0.3) is 5.91 Å². The molecule has 1 N–H and O–H groups in total. The fourth-order valence-corrected chi connectivity index (χ4v) is 4.95. The van der Waals surface area contributed by atoms with E-state index in [1.807, 2.05) is 19.1 Å². The number of ketones is 1. The van der Waals surface area contributed by atoms with Crippen LogP contribution in [0.4, 0.5) is 0 Å². The summed E-state index contributed by atoms with van der Waals surface area (Å²) in [7, 11) is 1.68. The van der Waals surface area contributed by atoms with E-state index in [1.165, 1.54) is 5.56 Å². The van der Waals surface area contributed by atoms with Crippen molar-refractivity contribution >= 4 is 11.7 Å². The first-order valence-corrected chi connectivity index (χ1v) is 11.5. The Bertz CT molecular complexity index is 982. The molecule has 0 atom stereocenters. The number of furan rings is 1. The van der Waals surface area contributed by atoms with Crippen molar-refractivity contribution in [3.05, 3.63) is 52.5 Å². The van der Waals surface area contributed by atoms with Gasteiger partial charge in [0.05, 0.1) is 12.7 Å². The molecule has 0 radical (unpaired) electrons. The van der Waals surface area contributed by atoms with Crippen LogP contribution < -0.4 is 10.1 Å². The van der Waals surface area contributed by atoms with Crippen LogP contribution in [-0.2, 0) is 13.0 Å². The monoisotopic (exact) mass is 438 g/mol. The maximum atomic E-state index is 12.8. The van der Waals surface area contributed by atoms with Gasteiger partial charge in [0.15, 0.2) is 11.5 Å². The van der Waals surface area contributed by atoms with Gasteiger partial charge in [-0.1, -0.05) is 26.0 Å². The molecule has 2 aromatic rings. The number of nitrogens with zero attached hydrogens (tertiary/aromatic N) is 1. The van der Waals surface area contributed by atoms with Gasteiger partial charge < -0.3 is 14.5 Å². The van der Waals surface area contributed by atoms with Crippen molar-refractivity contribution < 1.29 is 18.7 Å². The molecular formula is C26H34N2O4. The van der Waals surface area contributed by atoms with Gasteiger partial charge >= 0.3 is 0 Å². The van der Waals surface area contributed by atoms with Gasteiger partial charge in [-0.05, 0) is 61.9 Å². The predicted octanol–water partition coefficient (Wildman–Crippen LogP) is 4.39. The molecule has 1 aliphatic carbocycles. The number of fused-ring (bicyclic) bond motifs is 1. The smallest absolute Gasteiger partial charge is 0.287 e. The molecule has 1 amide bonds. The second-order valence-corrected chi connectivity index (χ2v) is 10.1. The third-order valence-corrected chi connectivity index (χ3v) is 6.81. The molecule has 0 saturated carbocycles. The number of likely N-dealkylation sites (tertiary alicyclic amines) is 1. The number of carbonyl (C=O) groups excluding carboxylic acids is 2. The highest BCUT2D eigenvalue weighted by Crippen LogP contribution is 2.38. The highest BCUT2D eigenvalue weighted by molar-refractivity contribution is 6.03. The minimum Gasteiger partial charge on any atom is -0.497 e. The summed E-state index contributed by atoms with van der Waals surface area (Å²) >= 11 is 0. The van der Waals surface area contributed by atoms with Gasteiger partial charge in [0.1, 0.15) is 11.5 Å². The number of nitrogens with one attached hydrogen (secondary N) is 1. The molecule has 1 aromatic heterocycles. The van der Waals surface area contributed by atoms with Crippen LogP contribution in [0.15, 0.2) is 28.7 Å². The Labute approximate surface area is 190 Å². The number of carbonyl (C=O) groups is 2. The molecule has 1 aliphatic heterocycles. The molecule has 4 rings (SSSR count). The highest BCUT2D eigenvalue weighted by Gasteiger charge is 2.37. The maximum Gasteiger partial charge on any atom is 0.287 e. The number of rotatable bonds is 6. The average Bonchev–Trinajstić information content (AvgIpc) is 3.08. The summed E-state index contributed by atoms with van der Waals surface area (Å²) in [5, 5.41) is 3.06. The van der Waals surface area contributed by atoms with E-state index in [4.69, 9.17) is 9.15 Å². The molecule has 1 aromatic carbocycles. The van der Waals surface area contributed by atoms with Gasteiger partial charge in [-0.3, -0.25) is 14.5 Å². The van der Waals surface area contributed by atoms with Crippen LogP contribution in [0.1, 0.15) is 70.9 Å². The van der Waals surface area contributed by atoms with Crippen molar-refractivity contribution in [2.45, 2.75) is 53.0 Å². The summed E-state index contributed by atoms with van der Waals surface area (Å²) in [6.07, 6.45) is 3.29. The predicted molar refractivity (Wildman–Crippen MR) is 123 cm³/mol. The Morgan fingerprint density at radius 2 is 1.88 bits per heavy atom. The number of piperidine rings is 1. The molecule has 1 saturated heterocycles. The number of methoxy groups -OCH3 is 1. The van der Waals surface area contributed by atoms with Crippen LogP contribution in [-0.4, -0.2) is 43.3 Å². The van der Waals surface area contributed by atoms with Crippen molar-refractivity contribution in [1.82, 2.24) is 10.2 Å². The van der Waals surface area contributed by atoms with E-state index < -0.39 is 0 Å². The van der Waals surface area contributed by atoms with Gasteiger partial charge in [0.2, 0.25) is 0 Å². The zero-order valence-electron chi connectivity index (χ0n) is 19.6. The van der Waals surface area contributed by atoms with Crippen molar-refractivity contribution in [3.63, 3.8) is 0 Å². The standard InChI is InChI=1S/C26H34N2O4/c1-17-23-21(29)13-26(2,3)14-22(23)32-24(17)25(30)27-15-18-9-11-28(12-10-18)16-19-5-7-20(31-4)8-6-19/h5-8,18H,9-16H2,1-4H3,(H,27,30). The van der Waals surface area contributed by atoms with Crippen LogP contribution in [0.3, 0.4) is 0 Å². The van der Waals surface area contributed by atoms with Crippen molar-refractivity contribution in [2.75, 3.05) is 26.7 Å². The zero-order chi connectivity index (χ0) is 22.9. The summed E-state index contributed by atoms with van der Waals surface area (Å²) in [5.41, 5.74) is 2.48. The molecular weight excluding hydrogens is 404 g/mol. The van der Waals surface area contributed by atoms with Crippen molar-refractivity contribution in [3.8, 4) is 5.75 Å². The molecule has 0 spiro atoms. The molecule has 32 heavy (non-hydrogen) atoms. The topological polar surface area (TPSA) is 71.8 Å². The molecule has 0 bridgehead atoms. The second-order valence-electron chi connectivity index (χ2n) is 10.1. The first kappa shape index (κ1) is 22.6. The minimum absolute atomic E-state index is 0.0841. The molecule has 172 valence electrons. The summed E-state index contributed by atoms with van der Waals surface area (Å²) in [6.45, 7) is 9.56. The van der Waals surface area contributed by atoms with Gasteiger partial charge in [-0.25, -0.2) is 0 Å². The lowest BCUT2D eigenvalue weighted by Crippen LogP contribution is -2.38. The van der Waals surface area contributed by atoms with E-state index in [0.29, 0.717) is 48.0 Å². The van der Waals surface area contributed by atoms with E-state index in [-0.39, 0.29) is 17.1 Å². The van der Waals surface area contributed by atoms with Gasteiger partial charge in [-0.2, -0.15) is 0 Å². The number of Topliss-reactive ketones (excluding diaryl/α,β-unsaturated/α-hetero) is 1. The van der Waals surface area contributed by atoms with Crippen LogP contribution in [0, 0.1) is 18.3 Å². The normalized spacial score (nSPS) is 18.9. The zero-order valence-corrected chi connectivity index (χ0v) is 19.6. The number of hydrogen-bond donors (Lipinski definition) is 1. The van der Waals surface area contributed by atoms with Crippen LogP contribution >= 0.6 is 0 Å². The Morgan fingerprint density at radius 1 is 1.19 bits per heavy atom. The number of ether oxygens (including phenoxy) is 1.